The highest BCUT2D eigenvalue weighted by Gasteiger charge is 2.26. The van der Waals surface area contributed by atoms with Crippen LogP contribution in [0.15, 0.2) is 42.6 Å². The molecule has 1 aromatic carbocycles. The van der Waals surface area contributed by atoms with E-state index in [2.05, 4.69) is 54.7 Å². The van der Waals surface area contributed by atoms with Crippen molar-refractivity contribution >= 4 is 17.3 Å². The molecule has 2 saturated heterocycles. The summed E-state index contributed by atoms with van der Waals surface area (Å²) in [5, 5.41) is 27.6. The van der Waals surface area contributed by atoms with Gasteiger partial charge in [-0.1, -0.05) is 18.1 Å². The fourth-order valence-corrected chi connectivity index (χ4v) is 4.69. The van der Waals surface area contributed by atoms with Gasteiger partial charge in [-0.15, -0.1) is 10.2 Å². The van der Waals surface area contributed by atoms with Crippen molar-refractivity contribution in [3.05, 3.63) is 48.4 Å². The molecule has 0 radical (unpaired) electrons. The Bertz CT molecular complexity index is 1370. The monoisotopic (exact) mass is 495 g/mol. The summed E-state index contributed by atoms with van der Waals surface area (Å²) < 4.78 is 0. The maximum Gasteiger partial charge on any atom is 0.206 e. The molecule has 5 rings (SSSR count). The minimum absolute atomic E-state index is 0.126. The van der Waals surface area contributed by atoms with Crippen molar-refractivity contribution in [1.29, 1.82) is 5.26 Å². The molecule has 2 aliphatic heterocycles. The number of para-hydroxylation sites is 1. The van der Waals surface area contributed by atoms with Gasteiger partial charge < -0.3 is 20.6 Å². The standard InChI is InChI=1S/C27H29N9O/c1-19-9-12-35(23-15-22(32-33-27(23)29)21-5-2-3-6-24(21)37)13-14-36(19)26-8-10-30-25(31-26)7-4-11-34-17-20(16-28)18-34/h2-3,5-6,8,10,15,19-20,37H,9,11-14,17-18H2,1H3,(H2,29,33)/t19-/m0/s1. The van der Waals surface area contributed by atoms with Crippen LogP contribution in [0.4, 0.5) is 17.3 Å². The zero-order chi connectivity index (χ0) is 25.8. The maximum atomic E-state index is 10.3. The van der Waals surface area contributed by atoms with Crippen molar-refractivity contribution in [3.8, 4) is 34.9 Å². The topological polar surface area (TPSA) is 131 Å². The highest BCUT2D eigenvalue weighted by atomic mass is 16.3. The van der Waals surface area contributed by atoms with Crippen LogP contribution in [0.3, 0.4) is 0 Å². The van der Waals surface area contributed by atoms with Crippen molar-refractivity contribution < 1.29 is 5.11 Å². The van der Waals surface area contributed by atoms with Gasteiger partial charge in [-0.3, -0.25) is 4.90 Å². The second-order valence-corrected chi connectivity index (χ2v) is 9.40. The molecular weight excluding hydrogens is 466 g/mol. The minimum Gasteiger partial charge on any atom is -0.507 e. The third kappa shape index (κ3) is 5.40. The van der Waals surface area contributed by atoms with Gasteiger partial charge in [0.1, 0.15) is 11.6 Å². The quantitative estimate of drug-likeness (QED) is 0.519. The second-order valence-electron chi connectivity index (χ2n) is 9.40. The molecule has 0 bridgehead atoms. The van der Waals surface area contributed by atoms with E-state index < -0.39 is 0 Å². The molecule has 37 heavy (non-hydrogen) atoms. The van der Waals surface area contributed by atoms with Gasteiger partial charge in [0.15, 0.2) is 5.82 Å². The summed E-state index contributed by atoms with van der Waals surface area (Å²) >= 11 is 0. The number of anilines is 3. The average Bonchev–Trinajstić information content (AvgIpc) is 3.08. The van der Waals surface area contributed by atoms with E-state index in [1.54, 1.807) is 18.3 Å². The number of aromatic nitrogens is 4. The number of phenols is 1. The van der Waals surface area contributed by atoms with Crippen LogP contribution >= 0.6 is 0 Å². The molecule has 4 heterocycles. The smallest absolute Gasteiger partial charge is 0.206 e. The van der Waals surface area contributed by atoms with E-state index >= 15 is 0 Å². The van der Waals surface area contributed by atoms with Gasteiger partial charge in [-0.05, 0) is 43.5 Å². The summed E-state index contributed by atoms with van der Waals surface area (Å²) in [5.74, 6) is 8.19. The number of hydrogen-bond donors (Lipinski definition) is 2. The Morgan fingerprint density at radius 2 is 1.97 bits per heavy atom. The van der Waals surface area contributed by atoms with Crippen LogP contribution in [-0.2, 0) is 0 Å². The molecule has 0 unspecified atom stereocenters. The number of hydrogen-bond acceptors (Lipinski definition) is 10. The Morgan fingerprint density at radius 1 is 1.14 bits per heavy atom. The first kappa shape index (κ1) is 24.3. The lowest BCUT2D eigenvalue weighted by molar-refractivity contribution is 0.156. The first-order valence-electron chi connectivity index (χ1n) is 12.4. The SMILES string of the molecule is C[C@H]1CCN(c2cc(-c3ccccc3O)nnc2N)CCN1c1ccnc(C#CCN2CC(C#N)C2)n1. The van der Waals surface area contributed by atoms with Crippen LogP contribution < -0.4 is 15.5 Å². The zero-order valence-electron chi connectivity index (χ0n) is 20.7. The molecule has 3 aromatic rings. The summed E-state index contributed by atoms with van der Waals surface area (Å²) in [5.41, 5.74) is 8.25. The highest BCUT2D eigenvalue weighted by Crippen LogP contribution is 2.32. The minimum atomic E-state index is 0.126. The molecule has 2 aromatic heterocycles. The van der Waals surface area contributed by atoms with Crippen LogP contribution in [-0.4, -0.2) is 75.5 Å². The molecule has 1 atom stereocenters. The first-order chi connectivity index (χ1) is 18.0. The van der Waals surface area contributed by atoms with Gasteiger partial charge in [-0.2, -0.15) is 5.26 Å². The van der Waals surface area contributed by atoms with Gasteiger partial charge in [-0.25, -0.2) is 9.97 Å². The van der Waals surface area contributed by atoms with Gasteiger partial charge in [0.05, 0.1) is 29.9 Å². The lowest BCUT2D eigenvalue weighted by Gasteiger charge is -2.33. The number of rotatable bonds is 4. The summed E-state index contributed by atoms with van der Waals surface area (Å²) in [6.07, 6.45) is 2.65. The second kappa shape index (κ2) is 10.7. The lowest BCUT2D eigenvalue weighted by atomic mass is 10.0. The third-order valence-corrected chi connectivity index (χ3v) is 6.86. The van der Waals surface area contributed by atoms with Crippen LogP contribution in [0.2, 0.25) is 0 Å². The van der Waals surface area contributed by atoms with Gasteiger partial charge >= 0.3 is 0 Å². The molecule has 188 valence electrons. The molecule has 0 spiro atoms. The maximum absolute atomic E-state index is 10.3. The molecule has 3 N–H and O–H groups in total. The molecule has 10 heteroatoms. The molecule has 0 aliphatic carbocycles. The number of likely N-dealkylation sites (tertiary alicyclic amines) is 1. The zero-order valence-corrected chi connectivity index (χ0v) is 20.7. The van der Waals surface area contributed by atoms with Crippen LogP contribution in [0.1, 0.15) is 19.2 Å². The Labute approximate surface area is 216 Å². The van der Waals surface area contributed by atoms with E-state index in [9.17, 15) is 5.11 Å². The Kier molecular flexibility index (Phi) is 7.02. The lowest BCUT2D eigenvalue weighted by Crippen LogP contribution is -2.45. The Hall–Kier alpha value is -4.41. The fourth-order valence-electron chi connectivity index (χ4n) is 4.69. The van der Waals surface area contributed by atoms with Crippen molar-refractivity contribution in [3.63, 3.8) is 0 Å². The molecule has 2 aliphatic rings. The number of nitriles is 1. The van der Waals surface area contributed by atoms with Crippen molar-refractivity contribution in [1.82, 2.24) is 25.1 Å². The molecule has 2 fully saturated rings. The van der Waals surface area contributed by atoms with E-state index in [0.717, 1.165) is 50.6 Å². The van der Waals surface area contributed by atoms with Gasteiger partial charge in [0.25, 0.3) is 0 Å². The molecular formula is C27H29N9O. The van der Waals surface area contributed by atoms with Crippen molar-refractivity contribution in [2.24, 2.45) is 5.92 Å². The van der Waals surface area contributed by atoms with E-state index in [1.165, 1.54) is 0 Å². The Morgan fingerprint density at radius 3 is 2.78 bits per heavy atom. The van der Waals surface area contributed by atoms with Gasteiger partial charge in [0, 0.05) is 50.5 Å². The molecule has 0 amide bonds. The summed E-state index contributed by atoms with van der Waals surface area (Å²) in [4.78, 5) is 15.7. The number of nitrogen functional groups attached to an aromatic ring is 1. The number of nitrogens with zero attached hydrogens (tertiary/aromatic N) is 8. The number of aromatic hydroxyl groups is 1. The van der Waals surface area contributed by atoms with Crippen LogP contribution in [0, 0.1) is 29.1 Å². The van der Waals surface area contributed by atoms with Crippen LogP contribution in [0.5, 0.6) is 5.75 Å². The van der Waals surface area contributed by atoms with E-state index in [-0.39, 0.29) is 17.7 Å². The number of phenolic OH excluding ortho intramolecular Hbond substituents is 1. The van der Waals surface area contributed by atoms with Gasteiger partial charge in [0.2, 0.25) is 5.82 Å². The van der Waals surface area contributed by atoms with Crippen molar-refractivity contribution in [2.45, 2.75) is 19.4 Å². The Balaban J connectivity index is 1.29. The van der Waals surface area contributed by atoms with E-state index in [4.69, 9.17) is 16.0 Å². The summed E-state index contributed by atoms with van der Waals surface area (Å²) in [6.45, 7) is 6.62. The first-order valence-corrected chi connectivity index (χ1v) is 12.4. The van der Waals surface area contributed by atoms with Crippen LogP contribution in [0.25, 0.3) is 11.3 Å². The third-order valence-electron chi connectivity index (χ3n) is 6.86. The number of benzene rings is 1. The predicted molar refractivity (Wildman–Crippen MR) is 142 cm³/mol. The average molecular weight is 496 g/mol. The molecule has 10 nitrogen and oxygen atoms in total. The van der Waals surface area contributed by atoms with E-state index in [0.29, 0.717) is 29.4 Å². The number of nitrogens with two attached hydrogens (primary N) is 1. The largest absolute Gasteiger partial charge is 0.507 e. The van der Waals surface area contributed by atoms with E-state index in [1.807, 2.05) is 24.3 Å². The summed E-state index contributed by atoms with van der Waals surface area (Å²) in [7, 11) is 0. The fraction of sp³-hybridized carbons (Fsp3) is 0.370. The highest BCUT2D eigenvalue weighted by molar-refractivity contribution is 5.74. The normalized spacial score (nSPS) is 18.3. The van der Waals surface area contributed by atoms with Crippen molar-refractivity contribution in [2.75, 3.05) is 54.8 Å². The molecule has 0 saturated carbocycles. The summed E-state index contributed by atoms with van der Waals surface area (Å²) in [6, 6.07) is 13.4. The predicted octanol–water partition coefficient (Wildman–Crippen LogP) is 2.13.